The number of hydrogen-bond acceptors (Lipinski definition) is 6. The lowest BCUT2D eigenvalue weighted by molar-refractivity contribution is 0.639. The number of rotatable bonds is 10. The molecule has 366 valence electrons. The molecule has 4 heterocycles. The molecule has 7 nitrogen and oxygen atoms in total. The maximum Gasteiger partial charge on any atom is 0.164 e. The molecule has 0 unspecified atom stereocenters. The molecule has 0 saturated heterocycles. The molecule has 0 atom stereocenters. The van der Waals surface area contributed by atoms with Crippen LogP contribution >= 0.6 is 0 Å². The Morgan fingerprint density at radius 3 is 1.66 bits per heavy atom. The summed E-state index contributed by atoms with van der Waals surface area (Å²) in [5, 5.41) is 2.28. The van der Waals surface area contributed by atoms with E-state index in [1.165, 1.54) is 38.9 Å². The van der Waals surface area contributed by atoms with Crippen LogP contribution in [-0.2, 0) is 5.41 Å². The van der Waals surface area contributed by atoms with Gasteiger partial charge in [0.05, 0.1) is 28.1 Å². The van der Waals surface area contributed by atoms with E-state index in [-0.39, 0.29) is 5.41 Å². The second-order valence-corrected chi connectivity index (χ2v) is 20.5. The molecule has 0 aliphatic carbocycles. The predicted molar refractivity (Wildman–Crippen MR) is 314 cm³/mol. The van der Waals surface area contributed by atoms with E-state index >= 15 is 0 Å². The summed E-state index contributed by atoms with van der Waals surface area (Å²) >= 11 is 0. The minimum Gasteiger partial charge on any atom is -0.321 e. The van der Waals surface area contributed by atoms with E-state index in [1.54, 1.807) is 0 Å². The molecule has 12 aromatic rings. The highest BCUT2D eigenvalue weighted by atomic mass is 15.4. The summed E-state index contributed by atoms with van der Waals surface area (Å²) in [5.41, 5.74) is 19.7. The summed E-state index contributed by atoms with van der Waals surface area (Å²) in [5.74, 6) is 2.69. The molecule has 13 rings (SSSR count). The van der Waals surface area contributed by atoms with E-state index in [4.69, 9.17) is 19.9 Å². The van der Waals surface area contributed by atoms with E-state index in [1.807, 2.05) is 6.20 Å². The van der Waals surface area contributed by atoms with Gasteiger partial charge in [-0.05, 0) is 103 Å². The number of aryl methyl sites for hydroxylation is 3. The first-order chi connectivity index (χ1) is 37.2. The van der Waals surface area contributed by atoms with Gasteiger partial charge in [-0.25, -0.2) is 19.9 Å². The summed E-state index contributed by atoms with van der Waals surface area (Å²) < 4.78 is 2.29. The first-order valence-corrected chi connectivity index (χ1v) is 26.1. The molecule has 0 radical (unpaired) electrons. The maximum atomic E-state index is 5.41. The fourth-order valence-electron chi connectivity index (χ4n) is 11.6. The third-order valence-corrected chi connectivity index (χ3v) is 15.3. The zero-order chi connectivity index (χ0) is 51.5. The normalized spacial score (nSPS) is 12.4. The third-order valence-electron chi connectivity index (χ3n) is 15.3. The van der Waals surface area contributed by atoms with Crippen LogP contribution in [0.2, 0.25) is 0 Å². The van der Waals surface area contributed by atoms with Crippen molar-refractivity contribution in [3.63, 3.8) is 0 Å². The van der Waals surface area contributed by atoms with Crippen LogP contribution in [-0.4, -0.2) is 31.2 Å². The van der Waals surface area contributed by atoms with Gasteiger partial charge in [0.1, 0.15) is 12.5 Å². The van der Waals surface area contributed by atoms with Crippen LogP contribution in [0.15, 0.2) is 231 Å². The number of para-hydroxylation sites is 4. The van der Waals surface area contributed by atoms with Crippen LogP contribution in [0.5, 0.6) is 0 Å². The second kappa shape index (κ2) is 18.8. The van der Waals surface area contributed by atoms with Gasteiger partial charge < -0.3 is 9.80 Å². The lowest BCUT2D eigenvalue weighted by atomic mass is 9.78. The van der Waals surface area contributed by atoms with Crippen LogP contribution in [0.3, 0.4) is 0 Å². The molecule has 0 spiro atoms. The zero-order valence-corrected chi connectivity index (χ0v) is 43.3. The molecule has 0 fully saturated rings. The van der Waals surface area contributed by atoms with Gasteiger partial charge in [0.15, 0.2) is 17.5 Å². The van der Waals surface area contributed by atoms with Crippen molar-refractivity contribution in [3.8, 4) is 62.2 Å². The molecule has 9 aromatic carbocycles. The average molecular weight is 982 g/mol. The number of fused-ring (bicyclic) bond motifs is 4. The number of pyridine rings is 1. The van der Waals surface area contributed by atoms with Gasteiger partial charge in [0, 0.05) is 55.9 Å². The summed E-state index contributed by atoms with van der Waals surface area (Å²) in [6.45, 7) is 11.6. The van der Waals surface area contributed by atoms with Crippen LogP contribution < -0.4 is 9.80 Å². The topological polar surface area (TPSA) is 63.0 Å². The monoisotopic (exact) mass is 981 g/mol. The Morgan fingerprint density at radius 2 is 0.974 bits per heavy atom. The van der Waals surface area contributed by atoms with Gasteiger partial charge in [-0.15, -0.1) is 0 Å². The van der Waals surface area contributed by atoms with E-state index in [9.17, 15) is 0 Å². The summed E-state index contributed by atoms with van der Waals surface area (Å²) in [4.78, 5) is 26.1. The van der Waals surface area contributed by atoms with Crippen molar-refractivity contribution in [3.05, 3.63) is 258 Å². The highest BCUT2D eigenvalue weighted by Crippen LogP contribution is 2.50. The first-order valence-electron chi connectivity index (χ1n) is 26.1. The van der Waals surface area contributed by atoms with E-state index < -0.39 is 0 Å². The Bertz CT molecular complexity index is 4080. The van der Waals surface area contributed by atoms with Crippen LogP contribution in [0.1, 0.15) is 41.7 Å². The first kappa shape index (κ1) is 46.3. The molecule has 0 N–H and O–H groups in total. The SMILES string of the molecule is Cc1cc(C)c(-c2nc(-c3cccc(N4CN(c5c(-c6ccccc6)cccc5-c5ccccc5)c5ccccc54)c3)nc(-c3ccc4c5ccccc5n(-c5cc(C(C)(C)c6ccccc6)ccn5)c4c3)n2)c(C)c1. The van der Waals surface area contributed by atoms with Crippen molar-refractivity contribution < 1.29 is 0 Å². The fourth-order valence-corrected chi connectivity index (χ4v) is 11.6. The van der Waals surface area contributed by atoms with Gasteiger partial charge in [-0.2, -0.15) is 0 Å². The molecule has 76 heavy (non-hydrogen) atoms. The third kappa shape index (κ3) is 8.08. The summed E-state index contributed by atoms with van der Waals surface area (Å²) in [7, 11) is 0. The van der Waals surface area contributed by atoms with Gasteiger partial charge in [-0.1, -0.05) is 195 Å². The molecule has 7 heteroatoms. The second-order valence-electron chi connectivity index (χ2n) is 20.5. The molecular formula is C69H55N7. The highest BCUT2D eigenvalue weighted by Gasteiger charge is 2.32. The van der Waals surface area contributed by atoms with E-state index in [0.29, 0.717) is 24.1 Å². The van der Waals surface area contributed by atoms with E-state index in [2.05, 4.69) is 273 Å². The molecule has 1 aliphatic rings. The van der Waals surface area contributed by atoms with Crippen molar-refractivity contribution in [1.29, 1.82) is 0 Å². The van der Waals surface area contributed by atoms with Crippen LogP contribution in [0.25, 0.3) is 84.0 Å². The highest BCUT2D eigenvalue weighted by molar-refractivity contribution is 6.10. The summed E-state index contributed by atoms with van der Waals surface area (Å²) in [6.07, 6.45) is 1.94. The molecule has 0 bridgehead atoms. The molecule has 3 aromatic heterocycles. The van der Waals surface area contributed by atoms with Crippen LogP contribution in [0.4, 0.5) is 22.7 Å². The van der Waals surface area contributed by atoms with Gasteiger partial charge >= 0.3 is 0 Å². The number of anilines is 4. The fraction of sp³-hybridized carbons (Fsp3) is 0.101. The lowest BCUT2D eigenvalue weighted by Gasteiger charge is -2.27. The lowest BCUT2D eigenvalue weighted by Crippen LogP contribution is -2.25. The number of hydrogen-bond donors (Lipinski definition) is 0. The minimum absolute atomic E-state index is 0.249. The van der Waals surface area contributed by atoms with Gasteiger partial charge in [-0.3, -0.25) is 4.57 Å². The zero-order valence-electron chi connectivity index (χ0n) is 43.3. The maximum absolute atomic E-state index is 5.41. The van der Waals surface area contributed by atoms with Crippen molar-refractivity contribution in [1.82, 2.24) is 24.5 Å². The van der Waals surface area contributed by atoms with Crippen LogP contribution in [0, 0.1) is 20.8 Å². The largest absolute Gasteiger partial charge is 0.321 e. The Balaban J connectivity index is 0.948. The van der Waals surface area contributed by atoms with Crippen molar-refractivity contribution >= 4 is 44.6 Å². The van der Waals surface area contributed by atoms with Crippen molar-refractivity contribution in [2.45, 2.75) is 40.0 Å². The van der Waals surface area contributed by atoms with Crippen molar-refractivity contribution in [2.24, 2.45) is 0 Å². The Kier molecular flexibility index (Phi) is 11.5. The summed E-state index contributed by atoms with van der Waals surface area (Å²) in [6, 6.07) is 80.2. The van der Waals surface area contributed by atoms with E-state index in [0.717, 1.165) is 78.2 Å². The Hall–Kier alpha value is -9.46. The smallest absolute Gasteiger partial charge is 0.164 e. The number of aromatic nitrogens is 5. The predicted octanol–water partition coefficient (Wildman–Crippen LogP) is 17.2. The standard InChI is InChI=1S/C69H55N7/c1-45-39-46(2)64(47(3)40-45)68-72-66(71-67(73-68)51-35-36-58-57-29-15-16-32-59(57)76(62(58)42-51)63-43-53(37-38-70-63)69(4,5)52-26-13-8-14-27-52)50-25-19-28-54(41-50)74-44-75(61-34-18-17-33-60(61)74)65-55(48-21-9-6-10-22-48)30-20-31-56(65)49-23-11-7-12-24-49/h6-43H,44H2,1-5H3. The minimum atomic E-state index is -0.249. The van der Waals surface area contributed by atoms with Gasteiger partial charge in [0.25, 0.3) is 0 Å². The Labute approximate surface area is 444 Å². The molecule has 1 aliphatic heterocycles. The van der Waals surface area contributed by atoms with Gasteiger partial charge in [0.2, 0.25) is 0 Å². The van der Waals surface area contributed by atoms with Crippen molar-refractivity contribution in [2.75, 3.05) is 16.5 Å². The number of nitrogens with zero attached hydrogens (tertiary/aromatic N) is 7. The number of benzene rings is 9. The molecule has 0 amide bonds. The quantitative estimate of drug-likeness (QED) is 0.136. The Morgan fingerprint density at radius 1 is 0.421 bits per heavy atom. The molecule has 0 saturated carbocycles. The molecular weight excluding hydrogens is 927 g/mol. The average Bonchev–Trinajstić information content (AvgIpc) is 4.10.